The second kappa shape index (κ2) is 7.84. The minimum absolute atomic E-state index is 0.0492. The Morgan fingerprint density at radius 3 is 2.76 bits per heavy atom. The van der Waals surface area contributed by atoms with Crippen molar-refractivity contribution in [3.8, 4) is 0 Å². The molecule has 7 nitrogen and oxygen atoms in total. The first-order valence-electron chi connectivity index (χ1n) is 5.87. The Morgan fingerprint density at radius 2 is 2.19 bits per heavy atom. The Balaban J connectivity index is 2.61. The van der Waals surface area contributed by atoms with Gasteiger partial charge in [-0.3, -0.25) is 19.7 Å². The molecule has 0 fully saturated rings. The number of nitro benzene ring substituents is 1. The Kier molecular flexibility index (Phi) is 6.44. The van der Waals surface area contributed by atoms with Gasteiger partial charge >= 0.3 is 5.97 Å². The molecule has 114 valence electrons. The number of benzene rings is 1. The number of rotatable bonds is 7. The van der Waals surface area contributed by atoms with Crippen molar-refractivity contribution in [3.05, 3.63) is 33.3 Å². The molecule has 0 aliphatic rings. The quantitative estimate of drug-likeness (QED) is 0.450. The fraction of sp³-hybridized carbons (Fsp3) is 0.333. The highest BCUT2D eigenvalue weighted by atomic mass is 35.5. The van der Waals surface area contributed by atoms with Crippen LogP contribution in [0.3, 0.4) is 0 Å². The van der Waals surface area contributed by atoms with Crippen molar-refractivity contribution >= 4 is 40.9 Å². The van der Waals surface area contributed by atoms with E-state index in [1.807, 2.05) is 0 Å². The molecule has 1 rings (SSSR count). The lowest BCUT2D eigenvalue weighted by molar-refractivity contribution is -0.387. The van der Waals surface area contributed by atoms with E-state index in [-0.39, 0.29) is 22.9 Å². The average Bonchev–Trinajstić information content (AvgIpc) is 2.35. The number of hydrogen-bond donors (Lipinski definition) is 2. The molecule has 0 bridgehead atoms. The van der Waals surface area contributed by atoms with E-state index in [4.69, 9.17) is 16.7 Å². The first-order valence-corrected chi connectivity index (χ1v) is 7.24. The van der Waals surface area contributed by atoms with E-state index >= 15 is 0 Å². The first-order chi connectivity index (χ1) is 9.79. The fourth-order valence-electron chi connectivity index (χ4n) is 1.53. The molecule has 1 aromatic rings. The number of halogens is 1. The summed E-state index contributed by atoms with van der Waals surface area (Å²) in [4.78, 5) is 32.8. The Labute approximate surface area is 129 Å². The summed E-state index contributed by atoms with van der Waals surface area (Å²) in [6.07, 6.45) is -0.183. The minimum atomic E-state index is -1.01. The summed E-state index contributed by atoms with van der Waals surface area (Å²) >= 11 is 6.69. The lowest BCUT2D eigenvalue weighted by Gasteiger charge is -2.11. The summed E-state index contributed by atoms with van der Waals surface area (Å²) < 4.78 is 0. The predicted molar refractivity (Wildman–Crippen MR) is 78.7 cm³/mol. The third kappa shape index (κ3) is 6.01. The summed E-state index contributed by atoms with van der Waals surface area (Å²) in [5.74, 6) is -1.45. The topological polar surface area (TPSA) is 110 Å². The molecule has 0 radical (unpaired) electrons. The highest BCUT2D eigenvalue weighted by molar-refractivity contribution is 8.00. The number of amides is 1. The van der Waals surface area contributed by atoms with Gasteiger partial charge in [0.25, 0.3) is 5.69 Å². The number of nitrogens with one attached hydrogen (secondary N) is 1. The van der Waals surface area contributed by atoms with Gasteiger partial charge in [-0.25, -0.2) is 0 Å². The summed E-state index contributed by atoms with van der Waals surface area (Å²) in [6, 6.07) is 3.69. The summed E-state index contributed by atoms with van der Waals surface area (Å²) in [7, 11) is 0. The molecule has 21 heavy (non-hydrogen) atoms. The van der Waals surface area contributed by atoms with Gasteiger partial charge in [-0.05, 0) is 19.1 Å². The molecule has 1 atom stereocenters. The second-order valence-electron chi connectivity index (χ2n) is 4.22. The number of aliphatic carboxylic acids is 1. The van der Waals surface area contributed by atoms with Crippen molar-refractivity contribution in [2.45, 2.75) is 24.3 Å². The van der Waals surface area contributed by atoms with Crippen molar-refractivity contribution in [2.75, 3.05) is 5.75 Å². The smallest absolute Gasteiger partial charge is 0.305 e. The number of nitro groups is 1. The lowest BCUT2D eigenvalue weighted by Crippen LogP contribution is -2.35. The van der Waals surface area contributed by atoms with Crippen LogP contribution in [-0.2, 0) is 9.59 Å². The fourth-order valence-corrected chi connectivity index (χ4v) is 2.51. The molecule has 0 spiro atoms. The summed E-state index contributed by atoms with van der Waals surface area (Å²) in [6.45, 7) is 1.57. The third-order valence-electron chi connectivity index (χ3n) is 2.36. The Bertz CT molecular complexity index is 567. The van der Waals surface area contributed by atoms with Crippen molar-refractivity contribution in [1.29, 1.82) is 0 Å². The minimum Gasteiger partial charge on any atom is -0.481 e. The van der Waals surface area contributed by atoms with Gasteiger partial charge in [-0.1, -0.05) is 11.6 Å². The molecular weight excluding hydrogens is 320 g/mol. The van der Waals surface area contributed by atoms with Gasteiger partial charge in [0, 0.05) is 17.1 Å². The van der Waals surface area contributed by atoms with Gasteiger partial charge in [0.15, 0.2) is 0 Å². The van der Waals surface area contributed by atoms with Crippen LogP contribution in [0.4, 0.5) is 5.69 Å². The van der Waals surface area contributed by atoms with Gasteiger partial charge in [0.1, 0.15) is 0 Å². The standard InChI is InChI=1S/C12H13ClN2O5S/c1-7(4-12(17)18)14-11(16)6-21-10-3-2-8(13)5-9(10)15(19)20/h2-3,5,7H,4,6H2,1H3,(H,14,16)(H,17,18). The molecule has 0 saturated carbocycles. The van der Waals surface area contributed by atoms with Crippen LogP contribution in [0, 0.1) is 10.1 Å². The second-order valence-corrected chi connectivity index (χ2v) is 5.68. The van der Waals surface area contributed by atoms with Crippen LogP contribution in [0.25, 0.3) is 0 Å². The Hall–Kier alpha value is -1.80. The highest BCUT2D eigenvalue weighted by Crippen LogP contribution is 2.31. The Morgan fingerprint density at radius 1 is 1.52 bits per heavy atom. The van der Waals surface area contributed by atoms with Crippen LogP contribution in [0.5, 0.6) is 0 Å². The van der Waals surface area contributed by atoms with E-state index in [0.29, 0.717) is 4.90 Å². The van der Waals surface area contributed by atoms with Crippen molar-refractivity contribution in [1.82, 2.24) is 5.32 Å². The van der Waals surface area contributed by atoms with Crippen LogP contribution >= 0.6 is 23.4 Å². The normalized spacial score (nSPS) is 11.7. The summed E-state index contributed by atoms with van der Waals surface area (Å²) in [5, 5.41) is 22.2. The zero-order valence-electron chi connectivity index (χ0n) is 11.0. The molecule has 9 heteroatoms. The molecule has 1 amide bonds. The number of carbonyl (C=O) groups excluding carboxylic acids is 1. The van der Waals surface area contributed by atoms with Crippen LogP contribution in [0.2, 0.25) is 5.02 Å². The van der Waals surface area contributed by atoms with E-state index in [1.54, 1.807) is 6.92 Å². The molecule has 0 aliphatic heterocycles. The van der Waals surface area contributed by atoms with Gasteiger partial charge < -0.3 is 10.4 Å². The average molecular weight is 333 g/mol. The molecule has 1 aromatic carbocycles. The van der Waals surface area contributed by atoms with Crippen molar-refractivity contribution < 1.29 is 19.6 Å². The number of carbonyl (C=O) groups is 2. The van der Waals surface area contributed by atoms with Gasteiger partial charge in [0.05, 0.1) is 22.0 Å². The first kappa shape index (κ1) is 17.3. The van der Waals surface area contributed by atoms with Crippen LogP contribution in [0.15, 0.2) is 23.1 Å². The molecule has 1 unspecified atom stereocenters. The van der Waals surface area contributed by atoms with E-state index < -0.39 is 22.8 Å². The number of hydrogen-bond acceptors (Lipinski definition) is 5. The zero-order chi connectivity index (χ0) is 16.0. The van der Waals surface area contributed by atoms with Gasteiger partial charge in [-0.2, -0.15) is 0 Å². The molecule has 0 aliphatic carbocycles. The number of carboxylic acid groups (broad SMARTS) is 1. The molecule has 0 heterocycles. The van der Waals surface area contributed by atoms with Crippen molar-refractivity contribution in [3.63, 3.8) is 0 Å². The monoisotopic (exact) mass is 332 g/mol. The lowest BCUT2D eigenvalue weighted by atomic mass is 10.2. The van der Waals surface area contributed by atoms with E-state index in [9.17, 15) is 19.7 Å². The van der Waals surface area contributed by atoms with Crippen LogP contribution < -0.4 is 5.32 Å². The largest absolute Gasteiger partial charge is 0.481 e. The maximum Gasteiger partial charge on any atom is 0.305 e. The zero-order valence-corrected chi connectivity index (χ0v) is 12.6. The maximum absolute atomic E-state index is 11.6. The highest BCUT2D eigenvalue weighted by Gasteiger charge is 2.17. The number of nitrogens with zero attached hydrogens (tertiary/aromatic N) is 1. The summed E-state index contributed by atoms with van der Waals surface area (Å²) in [5.41, 5.74) is -0.168. The van der Waals surface area contributed by atoms with Crippen LogP contribution in [-0.4, -0.2) is 33.7 Å². The van der Waals surface area contributed by atoms with Crippen LogP contribution in [0.1, 0.15) is 13.3 Å². The number of carboxylic acids is 1. The maximum atomic E-state index is 11.6. The van der Waals surface area contributed by atoms with Gasteiger partial charge in [0.2, 0.25) is 5.91 Å². The number of thioether (sulfide) groups is 1. The molecule has 0 aromatic heterocycles. The predicted octanol–water partition coefficient (Wildman–Crippen LogP) is 2.32. The van der Waals surface area contributed by atoms with Crippen molar-refractivity contribution in [2.24, 2.45) is 0 Å². The van der Waals surface area contributed by atoms with Gasteiger partial charge in [-0.15, -0.1) is 11.8 Å². The van der Waals surface area contributed by atoms with E-state index in [2.05, 4.69) is 5.32 Å². The van der Waals surface area contributed by atoms with E-state index in [0.717, 1.165) is 11.8 Å². The molecule has 2 N–H and O–H groups in total. The van der Waals surface area contributed by atoms with E-state index in [1.165, 1.54) is 18.2 Å². The third-order valence-corrected chi connectivity index (χ3v) is 3.66. The molecule has 0 saturated heterocycles. The SMILES string of the molecule is CC(CC(=O)O)NC(=O)CSc1ccc(Cl)cc1[N+](=O)[O-]. The molecular formula is C12H13ClN2O5S.